The van der Waals surface area contributed by atoms with Crippen molar-refractivity contribution in [1.29, 1.82) is 0 Å². The van der Waals surface area contributed by atoms with Gasteiger partial charge in [0.1, 0.15) is 0 Å². The third kappa shape index (κ3) is 10.1. The van der Waals surface area contributed by atoms with Gasteiger partial charge >= 0.3 is 0 Å². The number of rotatable bonds is 10. The Kier molecular flexibility index (Phi) is 13.7. The first-order valence-corrected chi connectivity index (χ1v) is 10.6. The van der Waals surface area contributed by atoms with Crippen LogP contribution >= 0.6 is 24.0 Å². The SMILES string of the molecule is CCNC(=NCCCOC1CCOCC1)NCCc1cccc(C(=O)N(C)C)c1.I. The molecule has 170 valence electrons. The van der Waals surface area contributed by atoms with Gasteiger partial charge in [0.25, 0.3) is 5.91 Å². The van der Waals surface area contributed by atoms with Crippen LogP contribution in [-0.4, -0.2) is 76.4 Å². The molecule has 1 saturated heterocycles. The quantitative estimate of drug-likeness (QED) is 0.210. The van der Waals surface area contributed by atoms with Gasteiger partial charge < -0.3 is 25.0 Å². The summed E-state index contributed by atoms with van der Waals surface area (Å²) in [6, 6.07) is 7.80. The van der Waals surface area contributed by atoms with Crippen LogP contribution in [0.4, 0.5) is 0 Å². The van der Waals surface area contributed by atoms with Gasteiger partial charge in [0.05, 0.1) is 6.10 Å². The molecule has 2 rings (SSSR count). The molecule has 0 saturated carbocycles. The minimum absolute atomic E-state index is 0. The number of amides is 1. The maximum Gasteiger partial charge on any atom is 0.253 e. The van der Waals surface area contributed by atoms with E-state index in [0.717, 1.165) is 82.2 Å². The zero-order valence-electron chi connectivity index (χ0n) is 18.5. The summed E-state index contributed by atoms with van der Waals surface area (Å²) in [5.41, 5.74) is 1.85. The van der Waals surface area contributed by atoms with Crippen LogP contribution < -0.4 is 10.6 Å². The van der Waals surface area contributed by atoms with Crippen LogP contribution in [0.2, 0.25) is 0 Å². The van der Waals surface area contributed by atoms with Crippen molar-refractivity contribution in [1.82, 2.24) is 15.5 Å². The first kappa shape index (κ1) is 26.6. The first-order valence-electron chi connectivity index (χ1n) is 10.6. The van der Waals surface area contributed by atoms with Gasteiger partial charge in [-0.2, -0.15) is 0 Å². The number of aliphatic imine (C=N–C) groups is 1. The molecule has 30 heavy (non-hydrogen) atoms. The van der Waals surface area contributed by atoms with Crippen LogP contribution in [0.15, 0.2) is 29.3 Å². The van der Waals surface area contributed by atoms with Gasteiger partial charge in [0.15, 0.2) is 5.96 Å². The smallest absolute Gasteiger partial charge is 0.253 e. The molecule has 0 atom stereocenters. The number of carbonyl (C=O) groups is 1. The number of hydrogen-bond donors (Lipinski definition) is 2. The summed E-state index contributed by atoms with van der Waals surface area (Å²) < 4.78 is 11.2. The van der Waals surface area contributed by atoms with Gasteiger partial charge in [-0.25, -0.2) is 0 Å². The molecule has 1 heterocycles. The zero-order valence-corrected chi connectivity index (χ0v) is 20.8. The molecule has 1 aromatic rings. The highest BCUT2D eigenvalue weighted by atomic mass is 127. The van der Waals surface area contributed by atoms with Crippen LogP contribution in [-0.2, 0) is 15.9 Å². The van der Waals surface area contributed by atoms with E-state index in [1.165, 1.54) is 0 Å². The van der Waals surface area contributed by atoms with Gasteiger partial charge in [0.2, 0.25) is 0 Å². The molecular weight excluding hydrogens is 495 g/mol. The average Bonchev–Trinajstić information content (AvgIpc) is 2.73. The lowest BCUT2D eigenvalue weighted by Crippen LogP contribution is -2.38. The highest BCUT2D eigenvalue weighted by molar-refractivity contribution is 14.0. The van der Waals surface area contributed by atoms with E-state index in [1.54, 1.807) is 19.0 Å². The third-order valence-corrected chi connectivity index (χ3v) is 4.72. The number of guanidine groups is 1. The number of hydrogen-bond acceptors (Lipinski definition) is 4. The van der Waals surface area contributed by atoms with Crippen LogP contribution in [0, 0.1) is 0 Å². The van der Waals surface area contributed by atoms with Crippen molar-refractivity contribution in [3.63, 3.8) is 0 Å². The summed E-state index contributed by atoms with van der Waals surface area (Å²) in [6.45, 7) is 6.71. The lowest BCUT2D eigenvalue weighted by atomic mass is 10.1. The Bertz CT molecular complexity index is 649. The van der Waals surface area contributed by atoms with Crippen molar-refractivity contribution in [3.05, 3.63) is 35.4 Å². The van der Waals surface area contributed by atoms with Crippen molar-refractivity contribution >= 4 is 35.8 Å². The number of carbonyl (C=O) groups excluding carboxylic acids is 1. The summed E-state index contributed by atoms with van der Waals surface area (Å²) >= 11 is 0. The van der Waals surface area contributed by atoms with Crippen molar-refractivity contribution < 1.29 is 14.3 Å². The molecule has 0 unspecified atom stereocenters. The fourth-order valence-electron chi connectivity index (χ4n) is 3.13. The van der Waals surface area contributed by atoms with E-state index < -0.39 is 0 Å². The average molecular weight is 532 g/mol. The maximum absolute atomic E-state index is 12.1. The molecule has 1 aliphatic rings. The number of ether oxygens (including phenoxy) is 2. The largest absolute Gasteiger partial charge is 0.381 e. The molecule has 1 aromatic carbocycles. The van der Waals surface area contributed by atoms with Gasteiger partial charge in [-0.05, 0) is 50.3 Å². The number of nitrogens with zero attached hydrogens (tertiary/aromatic N) is 2. The Morgan fingerprint density at radius 3 is 2.73 bits per heavy atom. The molecular formula is C22H37IN4O3. The van der Waals surface area contributed by atoms with Gasteiger partial charge in [-0.15, -0.1) is 24.0 Å². The number of benzene rings is 1. The predicted octanol–water partition coefficient (Wildman–Crippen LogP) is 2.69. The van der Waals surface area contributed by atoms with E-state index in [1.807, 2.05) is 24.3 Å². The molecule has 1 amide bonds. The molecule has 7 nitrogen and oxygen atoms in total. The van der Waals surface area contributed by atoms with Crippen LogP contribution in [0.5, 0.6) is 0 Å². The second-order valence-electron chi connectivity index (χ2n) is 7.37. The summed E-state index contributed by atoms with van der Waals surface area (Å²) in [6.07, 6.45) is 4.06. The Labute approximate surface area is 198 Å². The normalized spacial score (nSPS) is 14.7. The van der Waals surface area contributed by atoms with Crippen molar-refractivity contribution in [2.75, 3.05) is 53.6 Å². The molecule has 1 aliphatic heterocycles. The van der Waals surface area contributed by atoms with Crippen molar-refractivity contribution in [3.8, 4) is 0 Å². The summed E-state index contributed by atoms with van der Waals surface area (Å²) in [5, 5.41) is 6.64. The predicted molar refractivity (Wildman–Crippen MR) is 132 cm³/mol. The van der Waals surface area contributed by atoms with E-state index in [4.69, 9.17) is 9.47 Å². The van der Waals surface area contributed by atoms with Gasteiger partial charge in [-0.3, -0.25) is 9.79 Å². The minimum Gasteiger partial charge on any atom is -0.381 e. The fourth-order valence-corrected chi connectivity index (χ4v) is 3.13. The molecule has 2 N–H and O–H groups in total. The third-order valence-electron chi connectivity index (χ3n) is 4.72. The minimum atomic E-state index is 0. The Morgan fingerprint density at radius 1 is 1.27 bits per heavy atom. The molecule has 1 fully saturated rings. The topological polar surface area (TPSA) is 75.2 Å². The summed E-state index contributed by atoms with van der Waals surface area (Å²) in [4.78, 5) is 18.3. The summed E-state index contributed by atoms with van der Waals surface area (Å²) in [7, 11) is 3.54. The fraction of sp³-hybridized carbons (Fsp3) is 0.636. The Balaban J connectivity index is 0.00000450. The lowest BCUT2D eigenvalue weighted by Gasteiger charge is -2.22. The first-order chi connectivity index (χ1) is 14.1. The maximum atomic E-state index is 12.1. The second kappa shape index (κ2) is 15.4. The monoisotopic (exact) mass is 532 g/mol. The summed E-state index contributed by atoms with van der Waals surface area (Å²) in [5.74, 6) is 0.844. The highest BCUT2D eigenvalue weighted by Gasteiger charge is 2.13. The molecule has 8 heteroatoms. The van der Waals surface area contributed by atoms with Crippen molar-refractivity contribution in [2.24, 2.45) is 4.99 Å². The Hall–Kier alpha value is -1.39. The molecule has 0 spiro atoms. The van der Waals surface area contributed by atoms with Gasteiger partial charge in [-0.1, -0.05) is 12.1 Å². The van der Waals surface area contributed by atoms with E-state index >= 15 is 0 Å². The van der Waals surface area contributed by atoms with Crippen molar-refractivity contribution in [2.45, 2.75) is 38.7 Å². The number of halogens is 1. The van der Waals surface area contributed by atoms with E-state index in [0.29, 0.717) is 6.10 Å². The van der Waals surface area contributed by atoms with E-state index in [9.17, 15) is 4.79 Å². The van der Waals surface area contributed by atoms with Crippen LogP contribution in [0.25, 0.3) is 0 Å². The molecule has 0 aliphatic carbocycles. The Morgan fingerprint density at radius 2 is 2.03 bits per heavy atom. The lowest BCUT2D eigenvalue weighted by molar-refractivity contribution is -0.0318. The van der Waals surface area contributed by atoms with E-state index in [2.05, 4.69) is 22.5 Å². The standard InChI is InChI=1S/C22H36N4O3.HI/c1-4-23-22(24-12-6-14-29-20-10-15-28-16-11-20)25-13-9-18-7-5-8-19(17-18)21(27)26(2)3;/h5,7-8,17,20H,4,6,9-16H2,1-3H3,(H2,23,24,25);1H. The second-order valence-corrected chi connectivity index (χ2v) is 7.37. The van der Waals surface area contributed by atoms with E-state index in [-0.39, 0.29) is 29.9 Å². The van der Waals surface area contributed by atoms with Crippen LogP contribution in [0.1, 0.15) is 42.1 Å². The van der Waals surface area contributed by atoms with Gasteiger partial charge in [0, 0.05) is 59.1 Å². The molecule has 0 aromatic heterocycles. The highest BCUT2D eigenvalue weighted by Crippen LogP contribution is 2.10. The van der Waals surface area contributed by atoms with Crippen LogP contribution in [0.3, 0.4) is 0 Å². The number of nitrogens with one attached hydrogen (secondary N) is 2. The molecule has 0 bridgehead atoms. The zero-order chi connectivity index (χ0) is 20.9. The molecule has 0 radical (unpaired) electrons.